The molecule has 1 aromatic rings. The van der Waals surface area contributed by atoms with Crippen LogP contribution in [0.15, 0.2) is 28.7 Å². The molecule has 6 nitrogen and oxygen atoms in total. The van der Waals surface area contributed by atoms with Crippen molar-refractivity contribution in [3.05, 3.63) is 34.3 Å². The summed E-state index contributed by atoms with van der Waals surface area (Å²) in [6.07, 6.45) is 3.39. The predicted octanol–water partition coefficient (Wildman–Crippen LogP) is 4.16. The lowest BCUT2D eigenvalue weighted by Crippen LogP contribution is -2.55. The zero-order chi connectivity index (χ0) is 23.6. The van der Waals surface area contributed by atoms with E-state index in [2.05, 4.69) is 29.8 Å². The van der Waals surface area contributed by atoms with Crippen LogP contribution >= 0.6 is 27.7 Å². The summed E-state index contributed by atoms with van der Waals surface area (Å²) in [7, 11) is -3.56. The largest absolute Gasteiger partial charge is 0.323 e. The van der Waals surface area contributed by atoms with Crippen LogP contribution in [0.2, 0.25) is 0 Å². The van der Waals surface area contributed by atoms with Gasteiger partial charge in [-0.05, 0) is 61.3 Å². The Kier molecular flexibility index (Phi) is 5.82. The molecular formula is C24H31BrN2O4S2. The van der Waals surface area contributed by atoms with E-state index in [-0.39, 0.29) is 27.7 Å². The van der Waals surface area contributed by atoms with Gasteiger partial charge in [0.1, 0.15) is 5.78 Å². The molecule has 1 amide bonds. The number of thioether (sulfide) groups is 1. The molecule has 4 fully saturated rings. The number of carbonyl (C=O) groups is 2. The van der Waals surface area contributed by atoms with E-state index in [0.717, 1.165) is 16.6 Å². The Balaban J connectivity index is 1.30. The van der Waals surface area contributed by atoms with E-state index in [1.807, 2.05) is 29.2 Å². The van der Waals surface area contributed by atoms with Gasteiger partial charge in [-0.25, -0.2) is 12.7 Å². The first-order valence-electron chi connectivity index (χ1n) is 11.7. The Hall–Kier alpha value is -0.900. The molecule has 2 saturated heterocycles. The molecule has 2 saturated carbocycles. The molecule has 4 aliphatic rings. The van der Waals surface area contributed by atoms with Gasteiger partial charge in [0, 0.05) is 47.3 Å². The number of ketones is 1. The molecule has 2 heterocycles. The van der Waals surface area contributed by atoms with Crippen molar-refractivity contribution in [3.8, 4) is 0 Å². The minimum absolute atomic E-state index is 0.0120. The SMILES string of the molecule is CC1(C)C2CCC1(CS(=O)(=O)N1CCC3(CC1)SCCN3C(=O)c1ccc(Br)cc1)C(=O)C2. The molecule has 2 unspecified atom stereocenters. The van der Waals surface area contributed by atoms with Crippen LogP contribution in [0.25, 0.3) is 0 Å². The summed E-state index contributed by atoms with van der Waals surface area (Å²) >= 11 is 5.19. The summed E-state index contributed by atoms with van der Waals surface area (Å²) in [5.41, 5.74) is -0.340. The molecule has 5 rings (SSSR count). The van der Waals surface area contributed by atoms with Crippen molar-refractivity contribution in [3.63, 3.8) is 0 Å². The van der Waals surface area contributed by atoms with Gasteiger partial charge in [-0.1, -0.05) is 29.8 Å². The van der Waals surface area contributed by atoms with Crippen molar-refractivity contribution >= 4 is 49.4 Å². The van der Waals surface area contributed by atoms with E-state index < -0.39 is 15.4 Å². The lowest BCUT2D eigenvalue weighted by Gasteiger charge is -2.44. The zero-order valence-electron chi connectivity index (χ0n) is 19.2. The standard InChI is InChI=1S/C24H31BrN2O4S2/c1-22(2)18-7-8-23(22,20(28)15-18)16-33(30,31)26-11-9-24(10-12-26)27(13-14-32-24)21(29)17-3-5-19(25)6-4-17/h3-6,18H,7-16H2,1-2H3. The lowest BCUT2D eigenvalue weighted by atomic mass is 9.70. The Bertz CT molecular complexity index is 1080. The molecule has 2 aliphatic carbocycles. The highest BCUT2D eigenvalue weighted by Crippen LogP contribution is 2.64. The second kappa shape index (κ2) is 8.07. The first-order valence-corrected chi connectivity index (χ1v) is 15.1. The van der Waals surface area contributed by atoms with Crippen LogP contribution in [0.1, 0.15) is 56.3 Å². The van der Waals surface area contributed by atoms with Crippen LogP contribution in [-0.4, -0.2) is 65.3 Å². The summed E-state index contributed by atoms with van der Waals surface area (Å²) in [6.45, 7) is 5.63. The number of carbonyl (C=O) groups excluding carboxylic acids is 2. The number of nitrogens with zero attached hydrogens (tertiary/aromatic N) is 2. The number of piperidine rings is 1. The third kappa shape index (κ3) is 3.64. The van der Waals surface area contributed by atoms with Crippen molar-refractivity contribution in [2.24, 2.45) is 16.7 Å². The fourth-order valence-electron chi connectivity index (χ4n) is 6.68. The van der Waals surface area contributed by atoms with Gasteiger partial charge in [-0.15, -0.1) is 11.8 Å². The average Bonchev–Trinajstić information content (AvgIpc) is 3.33. The minimum atomic E-state index is -3.56. The van der Waals surface area contributed by atoms with Gasteiger partial charge in [0.05, 0.1) is 10.6 Å². The van der Waals surface area contributed by atoms with Gasteiger partial charge in [0.2, 0.25) is 10.0 Å². The van der Waals surface area contributed by atoms with Crippen molar-refractivity contribution in [1.29, 1.82) is 0 Å². The highest BCUT2D eigenvalue weighted by atomic mass is 79.9. The molecule has 33 heavy (non-hydrogen) atoms. The Labute approximate surface area is 209 Å². The molecular weight excluding hydrogens is 524 g/mol. The fraction of sp³-hybridized carbons (Fsp3) is 0.667. The Morgan fingerprint density at radius 1 is 1.12 bits per heavy atom. The molecule has 0 radical (unpaired) electrons. The first-order chi connectivity index (χ1) is 15.5. The van der Waals surface area contributed by atoms with Crippen molar-refractivity contribution in [1.82, 2.24) is 9.21 Å². The molecule has 2 atom stereocenters. The molecule has 1 aromatic carbocycles. The number of fused-ring (bicyclic) bond motifs is 2. The topological polar surface area (TPSA) is 74.8 Å². The predicted molar refractivity (Wildman–Crippen MR) is 134 cm³/mol. The zero-order valence-corrected chi connectivity index (χ0v) is 22.4. The summed E-state index contributed by atoms with van der Waals surface area (Å²) in [4.78, 5) is 27.7. The van der Waals surface area contributed by atoms with Gasteiger partial charge in [0.25, 0.3) is 5.91 Å². The minimum Gasteiger partial charge on any atom is -0.323 e. The van der Waals surface area contributed by atoms with Crippen LogP contribution in [-0.2, 0) is 14.8 Å². The highest BCUT2D eigenvalue weighted by Gasteiger charge is 2.65. The van der Waals surface area contributed by atoms with E-state index in [0.29, 0.717) is 56.8 Å². The second-order valence-electron chi connectivity index (χ2n) is 10.6. The van der Waals surface area contributed by atoms with Gasteiger partial charge >= 0.3 is 0 Å². The highest BCUT2D eigenvalue weighted by molar-refractivity contribution is 9.10. The van der Waals surface area contributed by atoms with Crippen LogP contribution in [0.3, 0.4) is 0 Å². The maximum absolute atomic E-state index is 13.5. The van der Waals surface area contributed by atoms with Crippen molar-refractivity contribution in [2.45, 2.75) is 50.8 Å². The van der Waals surface area contributed by atoms with E-state index >= 15 is 0 Å². The van der Waals surface area contributed by atoms with Gasteiger partial charge < -0.3 is 4.90 Å². The van der Waals surface area contributed by atoms with Crippen molar-refractivity contribution in [2.75, 3.05) is 31.1 Å². The molecule has 0 N–H and O–H groups in total. The molecule has 2 bridgehead atoms. The summed E-state index contributed by atoms with van der Waals surface area (Å²) in [5, 5.41) is 0. The van der Waals surface area contributed by atoms with Gasteiger partial charge in [-0.2, -0.15) is 0 Å². The summed E-state index contributed by atoms with van der Waals surface area (Å²) in [6, 6.07) is 7.41. The van der Waals surface area contributed by atoms with Crippen LogP contribution < -0.4 is 0 Å². The monoisotopic (exact) mass is 554 g/mol. The number of sulfonamides is 1. The number of hydrogen-bond donors (Lipinski definition) is 0. The summed E-state index contributed by atoms with van der Waals surface area (Å²) < 4.78 is 29.5. The van der Waals surface area contributed by atoms with E-state index in [4.69, 9.17) is 0 Å². The first kappa shape index (κ1) is 23.8. The maximum atomic E-state index is 13.5. The molecule has 180 valence electrons. The van der Waals surface area contributed by atoms with E-state index in [1.165, 1.54) is 0 Å². The van der Waals surface area contributed by atoms with Crippen LogP contribution in [0.4, 0.5) is 0 Å². The van der Waals surface area contributed by atoms with Crippen LogP contribution in [0.5, 0.6) is 0 Å². The number of Topliss-reactive ketones (excluding diaryl/α,β-unsaturated/α-hetero) is 1. The molecule has 0 aromatic heterocycles. The van der Waals surface area contributed by atoms with Crippen LogP contribution in [0, 0.1) is 16.7 Å². The molecule has 1 spiro atoms. The van der Waals surface area contributed by atoms with Gasteiger partial charge in [0.15, 0.2) is 0 Å². The Morgan fingerprint density at radius 2 is 1.79 bits per heavy atom. The van der Waals surface area contributed by atoms with E-state index in [1.54, 1.807) is 16.1 Å². The number of halogens is 1. The Morgan fingerprint density at radius 3 is 2.36 bits per heavy atom. The third-order valence-electron chi connectivity index (χ3n) is 8.98. The van der Waals surface area contributed by atoms with E-state index in [9.17, 15) is 18.0 Å². The smallest absolute Gasteiger partial charge is 0.254 e. The number of rotatable bonds is 4. The third-order valence-corrected chi connectivity index (χ3v) is 13.1. The molecule has 2 aliphatic heterocycles. The normalized spacial score (nSPS) is 30.9. The van der Waals surface area contributed by atoms with Crippen molar-refractivity contribution < 1.29 is 18.0 Å². The average molecular weight is 556 g/mol. The summed E-state index contributed by atoms with van der Waals surface area (Å²) in [5.74, 6) is 1.25. The fourth-order valence-corrected chi connectivity index (χ4v) is 10.6. The second-order valence-corrected chi connectivity index (χ2v) is 14.9. The maximum Gasteiger partial charge on any atom is 0.254 e. The number of amides is 1. The lowest BCUT2D eigenvalue weighted by molar-refractivity contribution is -0.128. The quantitative estimate of drug-likeness (QED) is 0.558. The molecule has 9 heteroatoms. The number of hydrogen-bond acceptors (Lipinski definition) is 5. The number of benzene rings is 1. The van der Waals surface area contributed by atoms with Gasteiger partial charge in [-0.3, -0.25) is 9.59 Å².